The van der Waals surface area contributed by atoms with Gasteiger partial charge in [0.25, 0.3) is 0 Å². The van der Waals surface area contributed by atoms with Gasteiger partial charge in [-0.2, -0.15) is 0 Å². The van der Waals surface area contributed by atoms with Crippen molar-refractivity contribution in [1.29, 1.82) is 0 Å². The van der Waals surface area contributed by atoms with Gasteiger partial charge in [0.2, 0.25) is 0 Å². The molecule has 2 nitrogen and oxygen atoms in total. The average molecular weight is 325 g/mol. The molecule has 3 heterocycles. The van der Waals surface area contributed by atoms with Crippen LogP contribution in [0.15, 0.2) is 48.5 Å². The summed E-state index contributed by atoms with van der Waals surface area (Å²) in [4.78, 5) is 2.51. The third-order valence-corrected chi connectivity index (χ3v) is 5.40. The first-order valence-electron chi connectivity index (χ1n) is 8.99. The fourth-order valence-corrected chi connectivity index (χ4v) is 3.93. The Morgan fingerprint density at radius 2 is 1.71 bits per heavy atom. The van der Waals surface area contributed by atoms with E-state index in [2.05, 4.69) is 29.2 Å². The maximum Gasteiger partial charge on any atom is 0.123 e. The summed E-state index contributed by atoms with van der Waals surface area (Å²) in [6.45, 7) is 3.55. The van der Waals surface area contributed by atoms with E-state index in [1.165, 1.54) is 37.6 Å². The van der Waals surface area contributed by atoms with Crippen LogP contribution in [0.5, 0.6) is 5.75 Å². The summed E-state index contributed by atoms with van der Waals surface area (Å²) in [5.41, 5.74) is 2.31. The van der Waals surface area contributed by atoms with Gasteiger partial charge in [0, 0.05) is 6.54 Å². The van der Waals surface area contributed by atoms with E-state index in [9.17, 15) is 4.39 Å². The molecule has 3 heteroatoms. The highest BCUT2D eigenvalue weighted by Crippen LogP contribution is 2.30. The van der Waals surface area contributed by atoms with E-state index in [1.807, 2.05) is 6.07 Å². The second-order valence-corrected chi connectivity index (χ2v) is 7.07. The van der Waals surface area contributed by atoms with Crippen LogP contribution in [0.25, 0.3) is 0 Å². The third kappa shape index (κ3) is 3.62. The Morgan fingerprint density at radius 1 is 0.958 bits per heavy atom. The van der Waals surface area contributed by atoms with Crippen LogP contribution in [0, 0.1) is 11.7 Å². The van der Waals surface area contributed by atoms with E-state index in [1.54, 1.807) is 12.1 Å². The molecule has 2 aromatic carbocycles. The summed E-state index contributed by atoms with van der Waals surface area (Å²) in [6, 6.07) is 15.3. The highest BCUT2D eigenvalue weighted by molar-refractivity contribution is 5.29. The lowest BCUT2D eigenvalue weighted by Gasteiger charge is -2.44. The molecule has 3 fully saturated rings. The van der Waals surface area contributed by atoms with Crippen molar-refractivity contribution in [3.8, 4) is 5.75 Å². The molecule has 1 unspecified atom stereocenters. The molecule has 3 aliphatic heterocycles. The van der Waals surface area contributed by atoms with Crippen molar-refractivity contribution in [1.82, 2.24) is 4.90 Å². The first-order chi connectivity index (χ1) is 11.8. The predicted octanol–water partition coefficient (Wildman–Crippen LogP) is 4.08. The molecule has 1 atom stereocenters. The van der Waals surface area contributed by atoms with Gasteiger partial charge in [-0.15, -0.1) is 0 Å². The zero-order valence-electron chi connectivity index (χ0n) is 14.0. The van der Waals surface area contributed by atoms with Crippen molar-refractivity contribution in [3.05, 3.63) is 65.5 Å². The molecule has 3 aliphatic rings. The number of hydrogen-bond acceptors (Lipinski definition) is 2. The van der Waals surface area contributed by atoms with Crippen LogP contribution >= 0.6 is 0 Å². The van der Waals surface area contributed by atoms with Crippen LogP contribution in [-0.2, 0) is 12.8 Å². The Balaban J connectivity index is 1.33. The van der Waals surface area contributed by atoms with Gasteiger partial charge >= 0.3 is 0 Å². The minimum absolute atomic E-state index is 0.159. The van der Waals surface area contributed by atoms with Crippen molar-refractivity contribution in [2.75, 3.05) is 19.6 Å². The van der Waals surface area contributed by atoms with Gasteiger partial charge in [-0.1, -0.05) is 24.3 Å². The van der Waals surface area contributed by atoms with E-state index in [4.69, 9.17) is 4.74 Å². The third-order valence-electron chi connectivity index (χ3n) is 5.40. The van der Waals surface area contributed by atoms with Crippen molar-refractivity contribution >= 4 is 0 Å². The van der Waals surface area contributed by atoms with E-state index in [-0.39, 0.29) is 5.82 Å². The van der Waals surface area contributed by atoms with Crippen molar-refractivity contribution in [2.45, 2.75) is 31.8 Å². The number of fused-ring (bicyclic) bond motifs is 3. The SMILES string of the molecule is Fc1cccc(CCc2ccc(OC3CN4CCC3CC4)cc2)c1. The lowest BCUT2D eigenvalue weighted by Crippen LogP contribution is -2.52. The fraction of sp³-hybridized carbons (Fsp3) is 0.429. The van der Waals surface area contributed by atoms with Crippen molar-refractivity contribution in [2.24, 2.45) is 5.92 Å². The largest absolute Gasteiger partial charge is 0.489 e. The van der Waals surface area contributed by atoms with Crippen molar-refractivity contribution < 1.29 is 9.13 Å². The van der Waals surface area contributed by atoms with Crippen molar-refractivity contribution in [3.63, 3.8) is 0 Å². The Bertz CT molecular complexity index is 676. The summed E-state index contributed by atoms with van der Waals surface area (Å²) in [7, 11) is 0. The molecule has 0 N–H and O–H groups in total. The second-order valence-electron chi connectivity index (χ2n) is 7.07. The normalized spacial score (nSPS) is 25.6. The zero-order valence-corrected chi connectivity index (χ0v) is 14.0. The van der Waals surface area contributed by atoms with Gasteiger partial charge < -0.3 is 4.74 Å². The molecule has 0 aromatic heterocycles. The number of halogens is 1. The van der Waals surface area contributed by atoms with E-state index in [0.29, 0.717) is 6.10 Å². The standard InChI is InChI=1S/C21H24FNO/c22-19-3-1-2-17(14-19)5-4-16-6-8-20(9-7-16)24-21-15-23-12-10-18(21)11-13-23/h1-3,6-9,14,18,21H,4-5,10-13,15H2. The maximum atomic E-state index is 13.2. The topological polar surface area (TPSA) is 12.5 Å². The molecule has 0 aliphatic carbocycles. The Morgan fingerprint density at radius 3 is 2.38 bits per heavy atom. The number of piperidine rings is 3. The molecule has 0 radical (unpaired) electrons. The summed E-state index contributed by atoms with van der Waals surface area (Å²) in [5, 5.41) is 0. The van der Waals surface area contributed by atoms with Crippen LogP contribution in [0.2, 0.25) is 0 Å². The van der Waals surface area contributed by atoms with Crippen LogP contribution in [0.3, 0.4) is 0 Å². The molecule has 24 heavy (non-hydrogen) atoms. The van der Waals surface area contributed by atoms with Gasteiger partial charge in [-0.3, -0.25) is 4.90 Å². The number of ether oxygens (including phenoxy) is 1. The molecular formula is C21H24FNO. The lowest BCUT2D eigenvalue weighted by molar-refractivity contribution is -0.00776. The summed E-state index contributed by atoms with van der Waals surface area (Å²) in [6.07, 6.45) is 4.68. The summed E-state index contributed by atoms with van der Waals surface area (Å²) >= 11 is 0. The van der Waals surface area contributed by atoms with Crippen LogP contribution in [0.1, 0.15) is 24.0 Å². The average Bonchev–Trinajstić information content (AvgIpc) is 2.62. The summed E-state index contributed by atoms with van der Waals surface area (Å²) < 4.78 is 19.4. The molecule has 0 spiro atoms. The molecule has 126 valence electrons. The number of nitrogens with zero attached hydrogens (tertiary/aromatic N) is 1. The molecule has 0 saturated carbocycles. The van der Waals surface area contributed by atoms with E-state index in [0.717, 1.165) is 36.6 Å². The van der Waals surface area contributed by atoms with Gasteiger partial charge in [-0.25, -0.2) is 4.39 Å². The molecule has 0 amide bonds. The monoisotopic (exact) mass is 325 g/mol. The molecule has 5 rings (SSSR count). The number of aryl methyl sites for hydroxylation is 2. The minimum atomic E-state index is -0.159. The minimum Gasteiger partial charge on any atom is -0.489 e. The highest BCUT2D eigenvalue weighted by Gasteiger charge is 2.35. The smallest absolute Gasteiger partial charge is 0.123 e. The van der Waals surface area contributed by atoms with Gasteiger partial charge in [0.05, 0.1) is 0 Å². The zero-order chi connectivity index (χ0) is 16.4. The van der Waals surface area contributed by atoms with E-state index < -0.39 is 0 Å². The summed E-state index contributed by atoms with van der Waals surface area (Å²) in [5.74, 6) is 1.54. The van der Waals surface area contributed by atoms with Crippen LogP contribution < -0.4 is 4.74 Å². The second kappa shape index (κ2) is 6.94. The first-order valence-corrected chi connectivity index (χ1v) is 8.99. The maximum absolute atomic E-state index is 13.2. The Labute approximate surface area is 143 Å². The lowest BCUT2D eigenvalue weighted by atomic mass is 9.86. The van der Waals surface area contributed by atoms with Crippen LogP contribution in [-0.4, -0.2) is 30.6 Å². The number of benzene rings is 2. The predicted molar refractivity (Wildman–Crippen MR) is 93.8 cm³/mol. The Hall–Kier alpha value is -1.87. The molecule has 3 saturated heterocycles. The van der Waals surface area contributed by atoms with E-state index >= 15 is 0 Å². The fourth-order valence-electron chi connectivity index (χ4n) is 3.93. The van der Waals surface area contributed by atoms with Gasteiger partial charge in [-0.05, 0) is 80.1 Å². The van der Waals surface area contributed by atoms with Gasteiger partial charge in [0.1, 0.15) is 17.7 Å². The van der Waals surface area contributed by atoms with Gasteiger partial charge in [0.15, 0.2) is 0 Å². The molecule has 2 bridgehead atoms. The number of hydrogen-bond donors (Lipinski definition) is 0. The van der Waals surface area contributed by atoms with Crippen LogP contribution in [0.4, 0.5) is 4.39 Å². The molecule has 2 aromatic rings. The molecular weight excluding hydrogens is 301 g/mol. The Kier molecular flexibility index (Phi) is 4.52. The number of rotatable bonds is 5. The first kappa shape index (κ1) is 15.6. The quantitative estimate of drug-likeness (QED) is 0.821. The highest BCUT2D eigenvalue weighted by atomic mass is 19.1.